The van der Waals surface area contributed by atoms with E-state index in [1.807, 2.05) is 0 Å². The van der Waals surface area contributed by atoms with Crippen LogP contribution < -0.4 is 10.9 Å². The minimum atomic E-state index is -0.787. The molecule has 0 saturated carbocycles. The molecule has 0 aliphatic heterocycles. The Morgan fingerprint density at radius 2 is 2.31 bits per heavy atom. The number of unbranched alkanes of at least 4 members (excludes halogenated alkanes) is 1. The van der Waals surface area contributed by atoms with Crippen molar-refractivity contribution in [3.05, 3.63) is 22.2 Å². The molecule has 6 heteroatoms. The molecule has 0 amide bonds. The van der Waals surface area contributed by atoms with Crippen LogP contribution in [-0.4, -0.2) is 27.6 Å². The molecule has 0 spiro atoms. The van der Waals surface area contributed by atoms with Crippen molar-refractivity contribution in [2.24, 2.45) is 0 Å². The van der Waals surface area contributed by atoms with Gasteiger partial charge >= 0.3 is 5.97 Å². The van der Waals surface area contributed by atoms with Gasteiger partial charge in [-0.1, -0.05) is 0 Å². The van der Waals surface area contributed by atoms with Crippen LogP contribution in [0, 0.1) is 6.92 Å². The zero-order valence-corrected chi connectivity index (χ0v) is 9.12. The number of nitrogens with zero attached hydrogens (tertiary/aromatic N) is 1. The number of aliphatic carboxylic acids is 1. The van der Waals surface area contributed by atoms with Gasteiger partial charge in [-0.2, -0.15) is 0 Å². The van der Waals surface area contributed by atoms with E-state index in [-0.39, 0.29) is 12.0 Å². The van der Waals surface area contributed by atoms with E-state index >= 15 is 0 Å². The average molecular weight is 225 g/mol. The molecule has 0 aliphatic rings. The summed E-state index contributed by atoms with van der Waals surface area (Å²) in [5, 5.41) is 11.4. The summed E-state index contributed by atoms with van der Waals surface area (Å²) in [5.41, 5.74) is -0.194. The Kier molecular flexibility index (Phi) is 4.50. The van der Waals surface area contributed by atoms with Gasteiger partial charge in [0.05, 0.1) is 0 Å². The molecular formula is C10H15N3O3. The molecule has 16 heavy (non-hydrogen) atoms. The molecule has 0 bridgehead atoms. The second kappa shape index (κ2) is 5.89. The van der Waals surface area contributed by atoms with Gasteiger partial charge in [0, 0.05) is 19.0 Å². The van der Waals surface area contributed by atoms with E-state index in [1.165, 1.54) is 6.07 Å². The fourth-order valence-electron chi connectivity index (χ4n) is 1.29. The first-order chi connectivity index (χ1) is 7.58. The minimum Gasteiger partial charge on any atom is -0.481 e. The minimum absolute atomic E-state index is 0.170. The lowest BCUT2D eigenvalue weighted by Crippen LogP contribution is -2.12. The summed E-state index contributed by atoms with van der Waals surface area (Å²) in [6.45, 7) is 2.32. The molecule has 1 rings (SSSR count). The van der Waals surface area contributed by atoms with Gasteiger partial charge in [0.25, 0.3) is 5.56 Å². The molecule has 6 nitrogen and oxygen atoms in total. The highest BCUT2D eigenvalue weighted by molar-refractivity contribution is 5.66. The number of carboxylic acid groups (broad SMARTS) is 1. The predicted octanol–water partition coefficient (Wildman–Crippen LogP) is 0.745. The van der Waals surface area contributed by atoms with Crippen molar-refractivity contribution >= 4 is 11.8 Å². The molecule has 0 aliphatic carbocycles. The highest BCUT2D eigenvalue weighted by atomic mass is 16.4. The number of aryl methyl sites for hydroxylation is 1. The molecule has 88 valence electrons. The fourth-order valence-corrected chi connectivity index (χ4v) is 1.29. The maximum atomic E-state index is 11.1. The Morgan fingerprint density at radius 3 is 2.94 bits per heavy atom. The molecule has 0 saturated heterocycles. The number of anilines is 1. The summed E-state index contributed by atoms with van der Waals surface area (Å²) in [5.74, 6) is 0.294. The van der Waals surface area contributed by atoms with E-state index in [0.717, 1.165) is 6.42 Å². The summed E-state index contributed by atoms with van der Waals surface area (Å²) in [7, 11) is 0. The van der Waals surface area contributed by atoms with Crippen LogP contribution in [0.1, 0.15) is 25.1 Å². The Balaban J connectivity index is 2.32. The number of aromatic amines is 1. The Morgan fingerprint density at radius 1 is 1.56 bits per heavy atom. The normalized spacial score (nSPS) is 10.1. The quantitative estimate of drug-likeness (QED) is 0.621. The van der Waals surface area contributed by atoms with Crippen LogP contribution in [0.2, 0.25) is 0 Å². The third kappa shape index (κ3) is 4.59. The molecule has 1 aromatic rings. The van der Waals surface area contributed by atoms with Crippen molar-refractivity contribution in [2.45, 2.75) is 26.2 Å². The molecule has 0 unspecified atom stereocenters. The van der Waals surface area contributed by atoms with Gasteiger partial charge in [0.2, 0.25) is 0 Å². The van der Waals surface area contributed by atoms with Crippen LogP contribution in [-0.2, 0) is 4.79 Å². The summed E-state index contributed by atoms with van der Waals surface area (Å²) in [6.07, 6.45) is 1.52. The number of H-pyrrole nitrogens is 1. The average Bonchev–Trinajstić information content (AvgIpc) is 2.15. The number of rotatable bonds is 6. The van der Waals surface area contributed by atoms with Gasteiger partial charge in [-0.05, 0) is 19.8 Å². The van der Waals surface area contributed by atoms with Crippen LogP contribution in [0.25, 0.3) is 0 Å². The largest absolute Gasteiger partial charge is 0.481 e. The topological polar surface area (TPSA) is 95.1 Å². The second-order valence-corrected chi connectivity index (χ2v) is 3.49. The third-order valence-corrected chi connectivity index (χ3v) is 1.98. The van der Waals surface area contributed by atoms with Crippen LogP contribution in [0.4, 0.5) is 5.82 Å². The fraction of sp³-hybridized carbons (Fsp3) is 0.500. The Bertz CT molecular complexity index is 414. The SMILES string of the molecule is Cc1nc(NCCCCC(=O)O)cc(=O)[nH]1. The molecule has 0 radical (unpaired) electrons. The first-order valence-corrected chi connectivity index (χ1v) is 5.11. The Labute approximate surface area is 92.7 Å². The lowest BCUT2D eigenvalue weighted by Gasteiger charge is -2.04. The van der Waals surface area contributed by atoms with E-state index in [2.05, 4.69) is 15.3 Å². The molecule has 0 aromatic carbocycles. The van der Waals surface area contributed by atoms with Gasteiger partial charge in [-0.25, -0.2) is 4.98 Å². The third-order valence-electron chi connectivity index (χ3n) is 1.98. The first kappa shape index (κ1) is 12.2. The molecular weight excluding hydrogens is 210 g/mol. The first-order valence-electron chi connectivity index (χ1n) is 5.11. The van der Waals surface area contributed by atoms with Crippen LogP contribution in [0.3, 0.4) is 0 Å². The van der Waals surface area contributed by atoms with Gasteiger partial charge in [-0.3, -0.25) is 9.59 Å². The summed E-state index contributed by atoms with van der Waals surface area (Å²) < 4.78 is 0. The highest BCUT2D eigenvalue weighted by Crippen LogP contribution is 2.00. The molecule has 0 fully saturated rings. The van der Waals surface area contributed by atoms with E-state index in [0.29, 0.717) is 24.6 Å². The number of carbonyl (C=O) groups is 1. The van der Waals surface area contributed by atoms with Gasteiger partial charge < -0.3 is 15.4 Å². The zero-order chi connectivity index (χ0) is 12.0. The lowest BCUT2D eigenvalue weighted by atomic mass is 10.2. The van der Waals surface area contributed by atoms with Gasteiger partial charge in [-0.15, -0.1) is 0 Å². The van der Waals surface area contributed by atoms with Gasteiger partial charge in [0.15, 0.2) is 0 Å². The predicted molar refractivity (Wildman–Crippen MR) is 59.6 cm³/mol. The van der Waals surface area contributed by atoms with Crippen molar-refractivity contribution in [1.29, 1.82) is 0 Å². The van der Waals surface area contributed by atoms with E-state index in [4.69, 9.17) is 5.11 Å². The van der Waals surface area contributed by atoms with E-state index < -0.39 is 5.97 Å². The second-order valence-electron chi connectivity index (χ2n) is 3.49. The molecule has 1 heterocycles. The van der Waals surface area contributed by atoms with Crippen molar-refractivity contribution in [1.82, 2.24) is 9.97 Å². The smallest absolute Gasteiger partial charge is 0.303 e. The summed E-state index contributed by atoms with van der Waals surface area (Å²) >= 11 is 0. The van der Waals surface area contributed by atoms with Crippen LogP contribution in [0.15, 0.2) is 10.9 Å². The summed E-state index contributed by atoms with van der Waals surface area (Å²) in [6, 6.07) is 1.38. The molecule has 3 N–H and O–H groups in total. The maximum absolute atomic E-state index is 11.1. The van der Waals surface area contributed by atoms with Gasteiger partial charge in [0.1, 0.15) is 11.6 Å². The number of nitrogens with one attached hydrogen (secondary N) is 2. The van der Waals surface area contributed by atoms with Crippen molar-refractivity contribution < 1.29 is 9.90 Å². The van der Waals surface area contributed by atoms with Crippen molar-refractivity contribution in [2.75, 3.05) is 11.9 Å². The Hall–Kier alpha value is -1.85. The van der Waals surface area contributed by atoms with Crippen molar-refractivity contribution in [3.63, 3.8) is 0 Å². The van der Waals surface area contributed by atoms with E-state index in [9.17, 15) is 9.59 Å². The highest BCUT2D eigenvalue weighted by Gasteiger charge is 1.98. The summed E-state index contributed by atoms with van der Waals surface area (Å²) in [4.78, 5) is 27.9. The number of aromatic nitrogens is 2. The lowest BCUT2D eigenvalue weighted by molar-refractivity contribution is -0.137. The van der Waals surface area contributed by atoms with Crippen LogP contribution >= 0.6 is 0 Å². The number of hydrogen-bond acceptors (Lipinski definition) is 4. The molecule has 0 atom stereocenters. The standard InChI is InChI=1S/C10H15N3O3/c1-7-12-8(6-9(14)13-7)11-5-3-2-4-10(15)16/h6H,2-5H2,1H3,(H,15,16)(H2,11,12,13,14). The monoisotopic (exact) mass is 225 g/mol. The maximum Gasteiger partial charge on any atom is 0.303 e. The number of carboxylic acids is 1. The molecule has 1 aromatic heterocycles. The van der Waals surface area contributed by atoms with E-state index in [1.54, 1.807) is 6.92 Å². The van der Waals surface area contributed by atoms with Crippen molar-refractivity contribution in [3.8, 4) is 0 Å². The zero-order valence-electron chi connectivity index (χ0n) is 9.12. The number of hydrogen-bond donors (Lipinski definition) is 3. The van der Waals surface area contributed by atoms with Crippen LogP contribution in [0.5, 0.6) is 0 Å².